The van der Waals surface area contributed by atoms with E-state index in [2.05, 4.69) is 6.92 Å². The minimum absolute atomic E-state index is 0.0671. The summed E-state index contributed by atoms with van der Waals surface area (Å²) in [7, 11) is 0. The highest BCUT2D eigenvalue weighted by atomic mass is 16.4. The van der Waals surface area contributed by atoms with Crippen molar-refractivity contribution in [3.8, 4) is 0 Å². The van der Waals surface area contributed by atoms with Crippen LogP contribution in [-0.4, -0.2) is 62.0 Å². The minimum atomic E-state index is -2.27. The summed E-state index contributed by atoms with van der Waals surface area (Å²) >= 11 is 0. The number of aliphatic hydroxyl groups is 4. The largest absolute Gasteiger partial charge is 0.480 e. The van der Waals surface area contributed by atoms with E-state index in [4.69, 9.17) is 15.9 Å². The number of unbranched alkanes of at least 4 members (excludes halogenated alkanes) is 7. The molecule has 166 valence electrons. The first-order valence-corrected chi connectivity index (χ1v) is 10.6. The highest BCUT2D eigenvalue weighted by molar-refractivity contribution is 5.79. The molecule has 0 radical (unpaired) electrons. The maximum absolute atomic E-state index is 11.0. The Morgan fingerprint density at radius 3 is 2.07 bits per heavy atom. The van der Waals surface area contributed by atoms with Crippen molar-refractivity contribution in [3.63, 3.8) is 0 Å². The summed E-state index contributed by atoms with van der Waals surface area (Å²) < 4.78 is 0. The lowest BCUT2D eigenvalue weighted by molar-refractivity contribution is -0.154. The number of rotatable bonds is 18. The van der Waals surface area contributed by atoms with Crippen LogP contribution in [0.15, 0.2) is 12.2 Å². The molecule has 0 heterocycles. The molecule has 0 saturated carbocycles. The molecule has 0 aromatic rings. The zero-order valence-corrected chi connectivity index (χ0v) is 17.3. The van der Waals surface area contributed by atoms with Gasteiger partial charge < -0.3 is 31.3 Å². The summed E-state index contributed by atoms with van der Waals surface area (Å²) in [5, 5.41) is 47.7. The molecule has 28 heavy (non-hydrogen) atoms. The van der Waals surface area contributed by atoms with E-state index in [1.54, 1.807) is 6.08 Å². The molecule has 0 fully saturated rings. The van der Waals surface area contributed by atoms with Gasteiger partial charge in [0.2, 0.25) is 0 Å². The van der Waals surface area contributed by atoms with Crippen molar-refractivity contribution >= 4 is 5.97 Å². The van der Waals surface area contributed by atoms with Gasteiger partial charge in [-0.05, 0) is 32.1 Å². The number of nitrogens with two attached hydrogens (primary N) is 1. The van der Waals surface area contributed by atoms with Gasteiger partial charge in [-0.25, -0.2) is 0 Å². The van der Waals surface area contributed by atoms with Crippen LogP contribution in [0.4, 0.5) is 0 Å². The molecule has 7 nitrogen and oxygen atoms in total. The number of allylic oxidation sites excluding steroid dienone is 1. The molecule has 0 bridgehead atoms. The fourth-order valence-electron chi connectivity index (χ4n) is 3.06. The smallest absolute Gasteiger partial charge is 0.328 e. The second-order valence-electron chi connectivity index (χ2n) is 7.72. The molecule has 0 spiro atoms. The highest BCUT2D eigenvalue weighted by Crippen LogP contribution is 2.15. The summed E-state index contributed by atoms with van der Waals surface area (Å²) in [5.41, 5.74) is 3.17. The Morgan fingerprint density at radius 1 is 0.964 bits per heavy atom. The Morgan fingerprint density at radius 2 is 1.54 bits per heavy atom. The molecule has 0 rings (SSSR count). The van der Waals surface area contributed by atoms with Gasteiger partial charge in [0.1, 0.15) is 6.10 Å². The van der Waals surface area contributed by atoms with E-state index in [-0.39, 0.29) is 12.5 Å². The topological polar surface area (TPSA) is 144 Å². The Labute approximate surface area is 169 Å². The summed E-state index contributed by atoms with van der Waals surface area (Å²) in [5.74, 6) is -1.56. The molecule has 7 N–H and O–H groups in total. The fraction of sp³-hybridized carbons (Fsp3) is 0.857. The molecule has 0 aromatic heterocycles. The van der Waals surface area contributed by atoms with Crippen molar-refractivity contribution < 1.29 is 30.3 Å². The molecule has 0 saturated heterocycles. The maximum Gasteiger partial charge on any atom is 0.328 e. The molecule has 4 atom stereocenters. The van der Waals surface area contributed by atoms with Gasteiger partial charge in [-0.2, -0.15) is 0 Å². The molecule has 0 aromatic carbocycles. The molecule has 0 aliphatic carbocycles. The third-order valence-corrected chi connectivity index (χ3v) is 5.15. The van der Waals surface area contributed by atoms with Crippen molar-refractivity contribution in [1.82, 2.24) is 0 Å². The summed E-state index contributed by atoms with van der Waals surface area (Å²) in [4.78, 5) is 11.0. The third-order valence-electron chi connectivity index (χ3n) is 5.15. The first-order chi connectivity index (χ1) is 13.3. The first-order valence-electron chi connectivity index (χ1n) is 10.6. The number of carbonyl (C=O) groups is 1. The molecule has 1 unspecified atom stereocenters. The van der Waals surface area contributed by atoms with Crippen LogP contribution in [0.25, 0.3) is 0 Å². The predicted molar refractivity (Wildman–Crippen MR) is 110 cm³/mol. The molecule has 0 amide bonds. The summed E-state index contributed by atoms with van der Waals surface area (Å²) in [6.45, 7) is 1.22. The number of aliphatic carboxylic acids is 1. The van der Waals surface area contributed by atoms with Crippen LogP contribution in [0.5, 0.6) is 0 Å². The maximum atomic E-state index is 11.0. The third kappa shape index (κ3) is 11.1. The van der Waals surface area contributed by atoms with E-state index in [1.165, 1.54) is 19.3 Å². The van der Waals surface area contributed by atoms with E-state index >= 15 is 0 Å². The number of hydrogen-bond donors (Lipinski definition) is 6. The minimum Gasteiger partial charge on any atom is -0.480 e. The first kappa shape index (κ1) is 27.0. The molecule has 0 aliphatic rings. The number of aliphatic hydroxyl groups excluding tert-OH is 4. The Bertz CT molecular complexity index is 431. The van der Waals surface area contributed by atoms with E-state index < -0.39 is 30.3 Å². The van der Waals surface area contributed by atoms with Gasteiger partial charge in [0.15, 0.2) is 5.54 Å². The average Bonchev–Trinajstić information content (AvgIpc) is 2.68. The van der Waals surface area contributed by atoms with Crippen LogP contribution in [0.2, 0.25) is 0 Å². The zero-order chi connectivity index (χ0) is 21.4. The van der Waals surface area contributed by atoms with Crippen LogP contribution in [0, 0.1) is 0 Å². The average molecular weight is 404 g/mol. The Kier molecular flexibility index (Phi) is 15.3. The normalized spacial score (nSPS) is 17.4. The SMILES string of the molecule is CCCCCCC(O)CCCCCC/C=C\C[C@@H](O)[C@H](O)[C@@](N)(CO)C(=O)O. The van der Waals surface area contributed by atoms with Crippen molar-refractivity contribution in [1.29, 1.82) is 0 Å². The van der Waals surface area contributed by atoms with E-state index in [9.17, 15) is 20.1 Å². The van der Waals surface area contributed by atoms with Gasteiger partial charge >= 0.3 is 5.97 Å². The molecular weight excluding hydrogens is 362 g/mol. The molecule has 0 aliphatic heterocycles. The fourth-order valence-corrected chi connectivity index (χ4v) is 3.06. The van der Waals surface area contributed by atoms with Gasteiger partial charge in [0.05, 0.1) is 18.8 Å². The highest BCUT2D eigenvalue weighted by Gasteiger charge is 2.44. The van der Waals surface area contributed by atoms with Crippen LogP contribution in [0.3, 0.4) is 0 Å². The van der Waals surface area contributed by atoms with Gasteiger partial charge in [-0.3, -0.25) is 4.79 Å². The standard InChI is InChI=1S/C21H41NO6/c1-2-3-4-10-13-17(24)14-11-8-6-5-7-9-12-15-18(25)19(26)21(22,16-23)20(27)28/h9,12,17-19,23-26H,2-8,10-11,13-16,22H2,1H3,(H,27,28)/b12-9-/t17?,18-,19+,21+/m1/s1. The van der Waals surface area contributed by atoms with E-state index in [0.29, 0.717) is 0 Å². The predicted octanol–water partition coefficient (Wildman–Crippen LogP) is 2.10. The lowest BCUT2D eigenvalue weighted by Crippen LogP contribution is -2.63. The van der Waals surface area contributed by atoms with E-state index in [0.717, 1.165) is 51.4 Å². The van der Waals surface area contributed by atoms with Crippen molar-refractivity contribution in [2.24, 2.45) is 5.73 Å². The summed E-state index contributed by atoms with van der Waals surface area (Å²) in [6, 6.07) is 0. The van der Waals surface area contributed by atoms with Gasteiger partial charge in [0.25, 0.3) is 0 Å². The molecule has 7 heteroatoms. The lowest BCUT2D eigenvalue weighted by Gasteiger charge is -2.30. The van der Waals surface area contributed by atoms with Gasteiger partial charge in [-0.15, -0.1) is 0 Å². The zero-order valence-electron chi connectivity index (χ0n) is 17.3. The summed E-state index contributed by atoms with van der Waals surface area (Å²) in [6.07, 6.45) is 11.9. The lowest BCUT2D eigenvalue weighted by atomic mass is 9.89. The Balaban J connectivity index is 3.79. The number of hydrogen-bond acceptors (Lipinski definition) is 6. The van der Waals surface area contributed by atoms with Crippen LogP contribution in [0.1, 0.15) is 84.0 Å². The van der Waals surface area contributed by atoms with Crippen LogP contribution in [-0.2, 0) is 4.79 Å². The van der Waals surface area contributed by atoms with Crippen molar-refractivity contribution in [2.45, 2.75) is 108 Å². The van der Waals surface area contributed by atoms with Crippen molar-refractivity contribution in [3.05, 3.63) is 12.2 Å². The van der Waals surface area contributed by atoms with Crippen molar-refractivity contribution in [2.75, 3.05) is 6.61 Å². The van der Waals surface area contributed by atoms with Crippen LogP contribution < -0.4 is 5.73 Å². The number of carboxylic acid groups (broad SMARTS) is 1. The second-order valence-corrected chi connectivity index (χ2v) is 7.72. The quantitative estimate of drug-likeness (QED) is 0.152. The monoisotopic (exact) mass is 403 g/mol. The van der Waals surface area contributed by atoms with Gasteiger partial charge in [-0.1, -0.05) is 64.0 Å². The number of carboxylic acids is 1. The second kappa shape index (κ2) is 15.9. The molecular formula is C21H41NO6. The van der Waals surface area contributed by atoms with Crippen LogP contribution >= 0.6 is 0 Å². The van der Waals surface area contributed by atoms with E-state index in [1.807, 2.05) is 6.08 Å². The Hall–Kier alpha value is -0.990. The van der Waals surface area contributed by atoms with Gasteiger partial charge in [0, 0.05) is 0 Å².